The zero-order valence-electron chi connectivity index (χ0n) is 17.9. The Hall–Kier alpha value is -3.64. The second kappa shape index (κ2) is 9.92. The van der Waals surface area contributed by atoms with E-state index in [1.54, 1.807) is 4.90 Å². The van der Waals surface area contributed by atoms with E-state index in [2.05, 4.69) is 20.8 Å². The molecule has 4 rings (SSSR count). The van der Waals surface area contributed by atoms with E-state index in [4.69, 9.17) is 16.3 Å². The first kappa shape index (κ1) is 24.5. The van der Waals surface area contributed by atoms with Crippen LogP contribution in [0.3, 0.4) is 0 Å². The Labute approximate surface area is 201 Å². The molecule has 1 amide bonds. The fraction of sp³-hybridized carbons (Fsp3) is 0.227. The molecule has 1 fully saturated rings. The number of rotatable bonds is 5. The molecule has 0 aliphatic carbocycles. The lowest BCUT2D eigenvalue weighted by atomic mass is 10.0. The zero-order chi connectivity index (χ0) is 25.2. The molecule has 0 saturated carbocycles. The third-order valence-corrected chi connectivity index (χ3v) is 5.57. The number of alkyl halides is 3. The van der Waals surface area contributed by atoms with E-state index in [-0.39, 0.29) is 33.5 Å². The van der Waals surface area contributed by atoms with E-state index in [0.29, 0.717) is 26.3 Å². The van der Waals surface area contributed by atoms with Gasteiger partial charge in [0.1, 0.15) is 5.75 Å². The van der Waals surface area contributed by atoms with E-state index < -0.39 is 29.2 Å². The van der Waals surface area contributed by atoms with Crippen molar-refractivity contribution in [3.63, 3.8) is 0 Å². The Kier molecular flexibility index (Phi) is 6.94. The number of aromatic hydroxyl groups is 1. The minimum atomic E-state index is -4.56. The number of morpholine rings is 1. The fourth-order valence-corrected chi connectivity index (χ4v) is 3.70. The SMILES string of the molecule is O=C(NNc1ncc(F)c(N2CCOCC2)n1)c1ccc(-c2cccc(C(F)(F)F)c2)c(Cl)c1O. The van der Waals surface area contributed by atoms with E-state index in [9.17, 15) is 27.5 Å². The van der Waals surface area contributed by atoms with Crippen LogP contribution in [0.2, 0.25) is 5.02 Å². The quantitative estimate of drug-likeness (QED) is 0.348. The molecule has 0 unspecified atom stereocenters. The summed E-state index contributed by atoms with van der Waals surface area (Å²) in [6.45, 7) is 1.70. The Balaban J connectivity index is 1.51. The van der Waals surface area contributed by atoms with E-state index in [1.807, 2.05) is 0 Å². The Bertz CT molecular complexity index is 1250. The van der Waals surface area contributed by atoms with Crippen LogP contribution >= 0.6 is 11.6 Å². The molecule has 13 heteroatoms. The summed E-state index contributed by atoms with van der Waals surface area (Å²) in [4.78, 5) is 22.1. The highest BCUT2D eigenvalue weighted by molar-refractivity contribution is 6.35. The lowest BCUT2D eigenvalue weighted by molar-refractivity contribution is -0.137. The number of nitrogens with one attached hydrogen (secondary N) is 2. The first-order valence-electron chi connectivity index (χ1n) is 10.3. The second-order valence-electron chi connectivity index (χ2n) is 7.45. The van der Waals surface area contributed by atoms with Crippen molar-refractivity contribution in [2.24, 2.45) is 0 Å². The maximum Gasteiger partial charge on any atom is 0.416 e. The van der Waals surface area contributed by atoms with Crippen molar-refractivity contribution in [1.82, 2.24) is 15.4 Å². The number of phenols is 1. The number of carbonyl (C=O) groups is 1. The lowest BCUT2D eigenvalue weighted by Gasteiger charge is -2.28. The van der Waals surface area contributed by atoms with Gasteiger partial charge >= 0.3 is 6.18 Å². The molecule has 1 aromatic heterocycles. The summed E-state index contributed by atoms with van der Waals surface area (Å²) in [5.41, 5.74) is 3.80. The van der Waals surface area contributed by atoms with Crippen LogP contribution in [0.4, 0.5) is 29.3 Å². The average molecular weight is 512 g/mol. The van der Waals surface area contributed by atoms with Crippen molar-refractivity contribution in [2.45, 2.75) is 6.18 Å². The summed E-state index contributed by atoms with van der Waals surface area (Å²) in [5, 5.41) is 10.1. The fourth-order valence-electron chi connectivity index (χ4n) is 3.43. The van der Waals surface area contributed by atoms with Crippen LogP contribution in [0.1, 0.15) is 15.9 Å². The van der Waals surface area contributed by atoms with Crippen molar-refractivity contribution in [2.75, 3.05) is 36.6 Å². The minimum absolute atomic E-state index is 0.0383. The molecular weight excluding hydrogens is 494 g/mol. The van der Waals surface area contributed by atoms with Crippen LogP contribution < -0.4 is 15.8 Å². The number of phenolic OH excluding ortho intramolecular Hbond substituents is 1. The summed E-state index contributed by atoms with van der Waals surface area (Å²) in [5.74, 6) is -2.17. The highest BCUT2D eigenvalue weighted by Crippen LogP contribution is 2.39. The molecule has 1 aliphatic rings. The van der Waals surface area contributed by atoms with E-state index >= 15 is 0 Å². The van der Waals surface area contributed by atoms with Crippen molar-refractivity contribution in [3.05, 3.63) is 64.6 Å². The molecule has 0 atom stereocenters. The van der Waals surface area contributed by atoms with Gasteiger partial charge in [-0.05, 0) is 23.8 Å². The Morgan fingerprint density at radius 2 is 1.91 bits per heavy atom. The molecule has 2 aromatic carbocycles. The number of ether oxygens (including phenoxy) is 1. The summed E-state index contributed by atoms with van der Waals surface area (Å²) in [7, 11) is 0. The molecule has 1 aliphatic heterocycles. The number of halogens is 5. The van der Waals surface area contributed by atoms with Gasteiger partial charge in [0.05, 0.1) is 35.6 Å². The first-order valence-corrected chi connectivity index (χ1v) is 10.6. The van der Waals surface area contributed by atoms with Crippen LogP contribution in [-0.4, -0.2) is 47.3 Å². The number of amides is 1. The van der Waals surface area contributed by atoms with Gasteiger partial charge in [0.25, 0.3) is 5.91 Å². The largest absolute Gasteiger partial charge is 0.506 e. The van der Waals surface area contributed by atoms with Crippen molar-refractivity contribution < 1.29 is 32.2 Å². The second-order valence-corrected chi connectivity index (χ2v) is 7.82. The molecule has 35 heavy (non-hydrogen) atoms. The third kappa shape index (κ3) is 5.38. The molecule has 2 heterocycles. The predicted octanol–water partition coefficient (Wildman–Crippen LogP) is 4.25. The molecule has 0 radical (unpaired) electrons. The van der Waals surface area contributed by atoms with Crippen LogP contribution in [0, 0.1) is 5.82 Å². The van der Waals surface area contributed by atoms with Crippen LogP contribution in [0.15, 0.2) is 42.6 Å². The van der Waals surface area contributed by atoms with Crippen molar-refractivity contribution >= 4 is 29.3 Å². The van der Waals surface area contributed by atoms with Crippen LogP contribution in [-0.2, 0) is 10.9 Å². The lowest BCUT2D eigenvalue weighted by Crippen LogP contribution is -2.38. The maximum atomic E-state index is 14.2. The number of hydrogen-bond acceptors (Lipinski definition) is 7. The summed E-state index contributed by atoms with van der Waals surface area (Å²) in [6, 6.07) is 6.93. The molecule has 3 N–H and O–H groups in total. The van der Waals surface area contributed by atoms with Crippen molar-refractivity contribution in [1.29, 1.82) is 0 Å². The normalized spacial score (nSPS) is 14.0. The number of benzene rings is 2. The van der Waals surface area contributed by atoms with Gasteiger partial charge in [-0.1, -0.05) is 29.8 Å². The predicted molar refractivity (Wildman–Crippen MR) is 120 cm³/mol. The number of nitrogens with zero attached hydrogens (tertiary/aromatic N) is 3. The summed E-state index contributed by atoms with van der Waals surface area (Å²) < 4.78 is 58.5. The topological polar surface area (TPSA) is 99.6 Å². The van der Waals surface area contributed by atoms with Gasteiger partial charge in [0, 0.05) is 18.7 Å². The standard InChI is InChI=1S/C22H18ClF4N5O3/c23-17-14(12-2-1-3-13(10-12)22(25,26)27)4-5-15(18(17)33)20(34)30-31-21-28-11-16(24)19(29-21)32-6-8-35-9-7-32/h1-5,10-11,33H,6-9H2,(H,30,34)(H,28,29,31). The van der Waals surface area contributed by atoms with Crippen LogP contribution in [0.5, 0.6) is 5.75 Å². The number of hydrogen-bond donors (Lipinski definition) is 3. The molecule has 1 saturated heterocycles. The Morgan fingerprint density at radius 1 is 1.17 bits per heavy atom. The number of anilines is 2. The smallest absolute Gasteiger partial charge is 0.416 e. The van der Waals surface area contributed by atoms with E-state index in [0.717, 1.165) is 18.3 Å². The molecular formula is C22H18ClF4N5O3. The molecule has 3 aromatic rings. The number of hydrazine groups is 1. The highest BCUT2D eigenvalue weighted by Gasteiger charge is 2.31. The zero-order valence-corrected chi connectivity index (χ0v) is 18.6. The number of aromatic nitrogens is 2. The monoisotopic (exact) mass is 511 g/mol. The average Bonchev–Trinajstić information content (AvgIpc) is 2.85. The van der Waals surface area contributed by atoms with Gasteiger partial charge in [-0.2, -0.15) is 18.2 Å². The third-order valence-electron chi connectivity index (χ3n) is 5.19. The molecule has 0 spiro atoms. The van der Waals surface area contributed by atoms with Gasteiger partial charge in [-0.15, -0.1) is 0 Å². The molecule has 0 bridgehead atoms. The van der Waals surface area contributed by atoms with Gasteiger partial charge < -0.3 is 14.7 Å². The molecule has 8 nitrogen and oxygen atoms in total. The summed E-state index contributed by atoms with van der Waals surface area (Å²) in [6.07, 6.45) is -3.61. The summed E-state index contributed by atoms with van der Waals surface area (Å²) >= 11 is 6.17. The van der Waals surface area contributed by atoms with Gasteiger partial charge in [0.2, 0.25) is 5.95 Å². The van der Waals surface area contributed by atoms with Gasteiger partial charge in [0.15, 0.2) is 11.6 Å². The van der Waals surface area contributed by atoms with E-state index in [1.165, 1.54) is 24.3 Å². The van der Waals surface area contributed by atoms with Crippen LogP contribution in [0.25, 0.3) is 11.1 Å². The number of carbonyl (C=O) groups excluding carboxylic acids is 1. The Morgan fingerprint density at radius 3 is 2.63 bits per heavy atom. The maximum absolute atomic E-state index is 14.2. The van der Waals surface area contributed by atoms with Crippen molar-refractivity contribution in [3.8, 4) is 16.9 Å². The highest BCUT2D eigenvalue weighted by atomic mass is 35.5. The van der Waals surface area contributed by atoms with Gasteiger partial charge in [-0.25, -0.2) is 9.37 Å². The first-order chi connectivity index (χ1) is 16.6. The minimum Gasteiger partial charge on any atom is -0.506 e. The van der Waals surface area contributed by atoms with Gasteiger partial charge in [-0.3, -0.25) is 15.6 Å². The molecule has 184 valence electrons.